The first-order valence-corrected chi connectivity index (χ1v) is 4.82. The highest BCUT2D eigenvalue weighted by Gasteiger charge is 2.26. The Bertz CT molecular complexity index is 123. The van der Waals surface area contributed by atoms with Crippen molar-refractivity contribution < 1.29 is 5.11 Å². The van der Waals surface area contributed by atoms with Crippen molar-refractivity contribution in [3.63, 3.8) is 0 Å². The fourth-order valence-corrected chi connectivity index (χ4v) is 1.00. The molecule has 2 heteroatoms. The zero-order chi connectivity index (χ0) is 9.78. The van der Waals surface area contributed by atoms with Gasteiger partial charge in [0.05, 0.1) is 6.10 Å². The summed E-state index contributed by atoms with van der Waals surface area (Å²) in [6.07, 6.45) is 1.72. The molecule has 0 heterocycles. The molecule has 0 bridgehead atoms. The third-order valence-electron chi connectivity index (χ3n) is 2.75. The number of aliphatic hydroxyl groups excluding tert-OH is 1. The highest BCUT2D eigenvalue weighted by Crippen LogP contribution is 2.24. The predicted molar refractivity (Wildman–Crippen MR) is 52.9 cm³/mol. The van der Waals surface area contributed by atoms with Crippen LogP contribution in [0.2, 0.25) is 0 Å². The van der Waals surface area contributed by atoms with Crippen molar-refractivity contribution in [1.82, 2.24) is 0 Å². The van der Waals surface area contributed by atoms with E-state index in [0.717, 1.165) is 12.8 Å². The number of hydrogen-bond donors (Lipinski definition) is 2. The summed E-state index contributed by atoms with van der Waals surface area (Å²) in [5, 5.41) is 9.80. The van der Waals surface area contributed by atoms with Gasteiger partial charge in [0, 0.05) is 5.41 Å². The summed E-state index contributed by atoms with van der Waals surface area (Å²) in [6, 6.07) is 0. The molecule has 0 aromatic heterocycles. The topological polar surface area (TPSA) is 46.2 Å². The third kappa shape index (κ3) is 3.55. The third-order valence-corrected chi connectivity index (χ3v) is 2.75. The van der Waals surface area contributed by atoms with E-state index in [2.05, 4.69) is 13.8 Å². The fourth-order valence-electron chi connectivity index (χ4n) is 1.00. The van der Waals surface area contributed by atoms with Crippen molar-refractivity contribution in [2.45, 2.75) is 46.6 Å². The molecule has 3 N–H and O–H groups in total. The Morgan fingerprint density at radius 1 is 1.42 bits per heavy atom. The van der Waals surface area contributed by atoms with Gasteiger partial charge in [-0.1, -0.05) is 34.1 Å². The summed E-state index contributed by atoms with van der Waals surface area (Å²) in [5.41, 5.74) is 5.43. The van der Waals surface area contributed by atoms with Crippen LogP contribution in [-0.2, 0) is 0 Å². The molecule has 0 amide bonds. The minimum absolute atomic E-state index is 0.135. The van der Waals surface area contributed by atoms with Crippen LogP contribution in [0.25, 0.3) is 0 Å². The number of rotatable bonds is 5. The number of nitrogens with two attached hydrogens (primary N) is 1. The summed E-state index contributed by atoms with van der Waals surface area (Å²) in [5.74, 6) is 0.589. The van der Waals surface area contributed by atoms with Crippen molar-refractivity contribution in [1.29, 1.82) is 0 Å². The van der Waals surface area contributed by atoms with Gasteiger partial charge in [-0.2, -0.15) is 0 Å². The average molecular weight is 173 g/mol. The van der Waals surface area contributed by atoms with Crippen LogP contribution in [0.3, 0.4) is 0 Å². The molecule has 2 nitrogen and oxygen atoms in total. The van der Waals surface area contributed by atoms with Gasteiger partial charge in [-0.05, 0) is 18.9 Å². The minimum Gasteiger partial charge on any atom is -0.393 e. The number of aliphatic hydroxyl groups is 1. The maximum atomic E-state index is 9.80. The quantitative estimate of drug-likeness (QED) is 0.665. The Morgan fingerprint density at radius 2 is 1.92 bits per heavy atom. The van der Waals surface area contributed by atoms with E-state index in [-0.39, 0.29) is 11.5 Å². The summed E-state index contributed by atoms with van der Waals surface area (Å²) in [4.78, 5) is 0. The van der Waals surface area contributed by atoms with Gasteiger partial charge in [-0.15, -0.1) is 0 Å². The molecule has 0 aromatic carbocycles. The first-order chi connectivity index (χ1) is 5.44. The average Bonchev–Trinajstić information content (AvgIpc) is 2.04. The molecule has 0 aromatic rings. The Hall–Kier alpha value is -0.0800. The van der Waals surface area contributed by atoms with Crippen molar-refractivity contribution in [3.05, 3.63) is 0 Å². The second-order valence-electron chi connectivity index (χ2n) is 4.46. The second kappa shape index (κ2) is 4.83. The van der Waals surface area contributed by atoms with Gasteiger partial charge in [-0.25, -0.2) is 0 Å². The molecular formula is C10H23NO. The van der Waals surface area contributed by atoms with E-state index in [0.29, 0.717) is 12.5 Å². The van der Waals surface area contributed by atoms with Crippen LogP contribution in [0.15, 0.2) is 0 Å². The van der Waals surface area contributed by atoms with Crippen molar-refractivity contribution in [3.8, 4) is 0 Å². The van der Waals surface area contributed by atoms with E-state index in [9.17, 15) is 5.11 Å². The molecule has 74 valence electrons. The zero-order valence-corrected chi connectivity index (χ0v) is 8.80. The zero-order valence-electron chi connectivity index (χ0n) is 8.80. The standard InChI is InChI=1S/C10H23NO/c1-5-8(2)6-9(12)10(3,4)7-11/h8-9,12H,5-7,11H2,1-4H3. The van der Waals surface area contributed by atoms with E-state index < -0.39 is 0 Å². The fraction of sp³-hybridized carbons (Fsp3) is 1.00. The smallest absolute Gasteiger partial charge is 0.0605 e. The van der Waals surface area contributed by atoms with Gasteiger partial charge < -0.3 is 10.8 Å². The molecule has 0 rings (SSSR count). The molecule has 0 fully saturated rings. The lowest BCUT2D eigenvalue weighted by Crippen LogP contribution is -2.37. The molecule has 0 radical (unpaired) electrons. The van der Waals surface area contributed by atoms with Crippen LogP contribution in [0, 0.1) is 11.3 Å². The number of hydrogen-bond acceptors (Lipinski definition) is 2. The molecule has 2 atom stereocenters. The molecule has 12 heavy (non-hydrogen) atoms. The lowest BCUT2D eigenvalue weighted by Gasteiger charge is -2.30. The summed E-state index contributed by atoms with van der Waals surface area (Å²) in [6.45, 7) is 8.88. The van der Waals surface area contributed by atoms with Crippen molar-refractivity contribution in [2.24, 2.45) is 17.1 Å². The van der Waals surface area contributed by atoms with Crippen LogP contribution >= 0.6 is 0 Å². The minimum atomic E-state index is -0.266. The molecule has 0 spiro atoms. The molecular weight excluding hydrogens is 150 g/mol. The summed E-state index contributed by atoms with van der Waals surface area (Å²) >= 11 is 0. The van der Waals surface area contributed by atoms with Gasteiger partial charge in [0.15, 0.2) is 0 Å². The van der Waals surface area contributed by atoms with Crippen molar-refractivity contribution in [2.75, 3.05) is 6.54 Å². The Kier molecular flexibility index (Phi) is 4.80. The Balaban J connectivity index is 3.93. The summed E-state index contributed by atoms with van der Waals surface area (Å²) in [7, 11) is 0. The molecule has 0 saturated heterocycles. The van der Waals surface area contributed by atoms with Crippen LogP contribution in [0.4, 0.5) is 0 Å². The maximum absolute atomic E-state index is 9.80. The van der Waals surface area contributed by atoms with E-state index in [1.54, 1.807) is 0 Å². The van der Waals surface area contributed by atoms with Gasteiger partial charge in [0.25, 0.3) is 0 Å². The monoisotopic (exact) mass is 173 g/mol. The van der Waals surface area contributed by atoms with E-state index >= 15 is 0 Å². The lowest BCUT2D eigenvalue weighted by atomic mass is 9.82. The summed E-state index contributed by atoms with van der Waals surface area (Å²) < 4.78 is 0. The molecule has 0 aliphatic carbocycles. The van der Waals surface area contributed by atoms with Crippen LogP contribution in [0.1, 0.15) is 40.5 Å². The van der Waals surface area contributed by atoms with E-state index in [1.807, 2.05) is 13.8 Å². The first-order valence-electron chi connectivity index (χ1n) is 4.82. The normalized spacial score (nSPS) is 17.5. The van der Waals surface area contributed by atoms with Crippen molar-refractivity contribution >= 4 is 0 Å². The maximum Gasteiger partial charge on any atom is 0.0605 e. The van der Waals surface area contributed by atoms with E-state index in [1.165, 1.54) is 0 Å². The largest absolute Gasteiger partial charge is 0.393 e. The molecule has 0 aliphatic heterocycles. The second-order valence-corrected chi connectivity index (χ2v) is 4.46. The predicted octanol–water partition coefficient (Wildman–Crippen LogP) is 1.77. The SMILES string of the molecule is CCC(C)CC(O)C(C)(C)CN. The van der Waals surface area contributed by atoms with Gasteiger partial charge >= 0.3 is 0 Å². The Labute approximate surface area is 76.2 Å². The van der Waals surface area contributed by atoms with Crippen LogP contribution < -0.4 is 5.73 Å². The molecule has 2 unspecified atom stereocenters. The highest BCUT2D eigenvalue weighted by molar-refractivity contribution is 4.79. The first kappa shape index (κ1) is 11.9. The Morgan fingerprint density at radius 3 is 2.25 bits per heavy atom. The van der Waals surface area contributed by atoms with E-state index in [4.69, 9.17) is 5.73 Å². The van der Waals surface area contributed by atoms with Gasteiger partial charge in [0.1, 0.15) is 0 Å². The van der Waals surface area contributed by atoms with Gasteiger partial charge in [-0.3, -0.25) is 0 Å². The molecule has 0 aliphatic rings. The van der Waals surface area contributed by atoms with Crippen LogP contribution in [0.5, 0.6) is 0 Å². The highest BCUT2D eigenvalue weighted by atomic mass is 16.3. The molecule has 0 saturated carbocycles. The van der Waals surface area contributed by atoms with Crippen LogP contribution in [-0.4, -0.2) is 17.8 Å². The van der Waals surface area contributed by atoms with Gasteiger partial charge in [0.2, 0.25) is 0 Å². The lowest BCUT2D eigenvalue weighted by molar-refractivity contribution is 0.0365.